The first-order valence-electron chi connectivity index (χ1n) is 9.05. The molecule has 0 saturated heterocycles. The lowest BCUT2D eigenvalue weighted by Gasteiger charge is -2.24. The maximum absolute atomic E-state index is 11.6. The molecule has 0 aliphatic carbocycles. The van der Waals surface area contributed by atoms with Crippen molar-refractivity contribution in [3.63, 3.8) is 0 Å². The van der Waals surface area contributed by atoms with Gasteiger partial charge in [-0.15, -0.1) is 0 Å². The third kappa shape index (κ3) is 2.87. The first kappa shape index (κ1) is 16.7. The molecule has 1 atom stereocenters. The van der Waals surface area contributed by atoms with Crippen LogP contribution in [0, 0.1) is 6.92 Å². The number of hydrogen-bond acceptors (Lipinski definition) is 3. The van der Waals surface area contributed by atoms with Gasteiger partial charge in [0.2, 0.25) is 0 Å². The van der Waals surface area contributed by atoms with E-state index in [1.807, 2.05) is 11.8 Å². The zero-order valence-electron chi connectivity index (χ0n) is 14.9. The van der Waals surface area contributed by atoms with Crippen LogP contribution in [0.25, 0.3) is 0 Å². The molecule has 0 amide bonds. The monoisotopic (exact) mass is 353 g/mol. The number of amidine groups is 1. The highest BCUT2D eigenvalue weighted by molar-refractivity contribution is 8.13. The Labute approximate surface area is 154 Å². The average molecular weight is 354 g/mol. The highest BCUT2D eigenvalue weighted by Gasteiger charge is 2.53. The van der Waals surface area contributed by atoms with E-state index >= 15 is 0 Å². The summed E-state index contributed by atoms with van der Waals surface area (Å²) in [7, 11) is 0. The SMILES string of the molecule is CCc1ccc(N2C[C@](O)(c3ccc(C)cc3)[N+]3=C2SCCC3)cc1. The molecule has 0 aromatic heterocycles. The van der Waals surface area contributed by atoms with Gasteiger partial charge < -0.3 is 5.11 Å². The van der Waals surface area contributed by atoms with E-state index in [0.717, 1.165) is 36.4 Å². The molecule has 0 spiro atoms. The van der Waals surface area contributed by atoms with Crippen molar-refractivity contribution < 1.29 is 9.68 Å². The highest BCUT2D eigenvalue weighted by atomic mass is 32.2. The van der Waals surface area contributed by atoms with Crippen LogP contribution in [0.1, 0.15) is 30.0 Å². The summed E-state index contributed by atoms with van der Waals surface area (Å²) in [4.78, 5) is 2.28. The maximum Gasteiger partial charge on any atom is 0.316 e. The Hall–Kier alpha value is -1.78. The van der Waals surface area contributed by atoms with Crippen molar-refractivity contribution in [3.8, 4) is 0 Å². The third-order valence-corrected chi connectivity index (χ3v) is 6.41. The van der Waals surface area contributed by atoms with E-state index in [0.29, 0.717) is 6.54 Å². The van der Waals surface area contributed by atoms with Gasteiger partial charge in [0, 0.05) is 11.3 Å². The third-order valence-electron chi connectivity index (χ3n) is 5.21. The maximum atomic E-state index is 11.6. The Morgan fingerprint density at radius 3 is 2.52 bits per heavy atom. The van der Waals surface area contributed by atoms with Gasteiger partial charge in [0.25, 0.3) is 5.72 Å². The van der Waals surface area contributed by atoms with Crippen molar-refractivity contribution in [1.29, 1.82) is 0 Å². The number of benzene rings is 2. The molecule has 4 rings (SSSR count). The number of aryl methyl sites for hydroxylation is 2. The number of β-amino-alcohol motifs (C(OH)–C–C–N with tert-alkyl or cyclic N) is 1. The van der Waals surface area contributed by atoms with Gasteiger partial charge in [-0.3, -0.25) is 0 Å². The van der Waals surface area contributed by atoms with Crippen LogP contribution in [-0.2, 0) is 12.1 Å². The van der Waals surface area contributed by atoms with E-state index in [-0.39, 0.29) is 0 Å². The molecule has 3 nitrogen and oxygen atoms in total. The first-order chi connectivity index (χ1) is 12.1. The smallest absolute Gasteiger partial charge is 0.316 e. The molecule has 0 fully saturated rings. The largest absolute Gasteiger partial charge is 0.346 e. The van der Waals surface area contributed by atoms with Gasteiger partial charge in [-0.25, -0.2) is 9.48 Å². The van der Waals surface area contributed by atoms with Gasteiger partial charge in [-0.2, -0.15) is 0 Å². The van der Waals surface area contributed by atoms with Crippen LogP contribution in [0.15, 0.2) is 48.5 Å². The molecule has 0 bridgehead atoms. The Balaban J connectivity index is 1.75. The van der Waals surface area contributed by atoms with E-state index in [1.54, 1.807) is 0 Å². The van der Waals surface area contributed by atoms with Crippen molar-refractivity contribution in [1.82, 2.24) is 0 Å². The lowest BCUT2D eigenvalue weighted by molar-refractivity contribution is -0.656. The van der Waals surface area contributed by atoms with E-state index in [2.05, 4.69) is 71.9 Å². The Bertz CT molecular complexity index is 798. The van der Waals surface area contributed by atoms with Gasteiger partial charge in [-0.1, -0.05) is 48.9 Å². The Morgan fingerprint density at radius 1 is 1.12 bits per heavy atom. The summed E-state index contributed by atoms with van der Waals surface area (Å²) in [6.07, 6.45) is 2.15. The molecule has 2 aliphatic heterocycles. The van der Waals surface area contributed by atoms with Crippen LogP contribution in [0.5, 0.6) is 0 Å². The zero-order chi connectivity index (χ0) is 17.4. The van der Waals surface area contributed by atoms with Crippen LogP contribution >= 0.6 is 11.8 Å². The van der Waals surface area contributed by atoms with E-state index in [9.17, 15) is 5.11 Å². The Morgan fingerprint density at radius 2 is 1.84 bits per heavy atom. The summed E-state index contributed by atoms with van der Waals surface area (Å²) in [6, 6.07) is 17.0. The molecule has 4 heteroatoms. The van der Waals surface area contributed by atoms with Gasteiger partial charge in [0.1, 0.15) is 5.69 Å². The van der Waals surface area contributed by atoms with Gasteiger partial charge in [-0.05, 0) is 49.2 Å². The number of anilines is 1. The summed E-state index contributed by atoms with van der Waals surface area (Å²) in [5, 5.41) is 12.8. The standard InChI is InChI=1S/C21H25N2OS/c1-3-17-7-11-19(12-8-17)22-15-21(24,18-9-5-16(2)6-10-18)23-13-4-14-25-20(22)23/h5-12,24H,3-4,13-15H2,1-2H3/q+1/t21-/m0/s1. The minimum atomic E-state index is -0.958. The molecular formula is C21H25N2OS+. The fourth-order valence-electron chi connectivity index (χ4n) is 3.68. The Kier molecular flexibility index (Phi) is 4.34. The minimum absolute atomic E-state index is 0.573. The van der Waals surface area contributed by atoms with Crippen LogP contribution in [0.2, 0.25) is 0 Å². The molecule has 130 valence electrons. The van der Waals surface area contributed by atoms with Crippen LogP contribution in [0.3, 0.4) is 0 Å². The quantitative estimate of drug-likeness (QED) is 0.852. The van der Waals surface area contributed by atoms with E-state index in [4.69, 9.17) is 0 Å². The molecule has 2 aromatic carbocycles. The predicted octanol–water partition coefficient (Wildman–Crippen LogP) is 3.73. The minimum Gasteiger partial charge on any atom is -0.346 e. The molecule has 2 aliphatic rings. The van der Waals surface area contributed by atoms with Gasteiger partial charge in [0.05, 0.1) is 6.54 Å². The van der Waals surface area contributed by atoms with Crippen molar-refractivity contribution >= 4 is 22.6 Å². The summed E-state index contributed by atoms with van der Waals surface area (Å²) >= 11 is 1.86. The van der Waals surface area contributed by atoms with Gasteiger partial charge >= 0.3 is 5.17 Å². The fourth-order valence-corrected chi connectivity index (χ4v) is 4.86. The van der Waals surface area contributed by atoms with Crippen molar-refractivity contribution in [3.05, 3.63) is 65.2 Å². The fraction of sp³-hybridized carbons (Fsp3) is 0.381. The predicted molar refractivity (Wildman–Crippen MR) is 105 cm³/mol. The summed E-state index contributed by atoms with van der Waals surface area (Å²) in [5.74, 6) is 1.11. The lowest BCUT2D eigenvalue weighted by atomic mass is 10.0. The van der Waals surface area contributed by atoms with E-state index < -0.39 is 5.72 Å². The number of thioether (sulfide) groups is 1. The molecule has 0 saturated carbocycles. The molecular weight excluding hydrogens is 328 g/mol. The zero-order valence-corrected chi connectivity index (χ0v) is 15.7. The number of rotatable bonds is 3. The lowest BCUT2D eigenvalue weighted by Crippen LogP contribution is -2.41. The summed E-state index contributed by atoms with van der Waals surface area (Å²) in [5.41, 5.74) is 3.74. The molecule has 1 N–H and O–H groups in total. The first-order valence-corrected chi connectivity index (χ1v) is 10.0. The number of hydrogen-bond donors (Lipinski definition) is 1. The number of aliphatic hydroxyl groups is 1. The van der Waals surface area contributed by atoms with Crippen molar-refractivity contribution in [2.24, 2.45) is 0 Å². The normalized spacial score (nSPS) is 23.1. The second kappa shape index (κ2) is 6.50. The van der Waals surface area contributed by atoms with Gasteiger partial charge in [0.15, 0.2) is 6.54 Å². The summed E-state index contributed by atoms with van der Waals surface area (Å²) in [6.45, 7) is 5.73. The average Bonchev–Trinajstić information content (AvgIpc) is 2.97. The van der Waals surface area contributed by atoms with Crippen molar-refractivity contribution in [2.75, 3.05) is 23.7 Å². The topological polar surface area (TPSA) is 26.5 Å². The van der Waals surface area contributed by atoms with Crippen LogP contribution in [-0.4, -0.2) is 33.7 Å². The molecule has 25 heavy (non-hydrogen) atoms. The number of nitrogens with zero attached hydrogens (tertiary/aromatic N) is 2. The second-order valence-corrected chi connectivity index (χ2v) is 7.99. The summed E-state index contributed by atoms with van der Waals surface area (Å²) < 4.78 is 2.19. The molecule has 0 unspecified atom stereocenters. The molecule has 0 radical (unpaired) electrons. The van der Waals surface area contributed by atoms with Crippen LogP contribution < -0.4 is 4.90 Å². The molecule has 2 heterocycles. The van der Waals surface area contributed by atoms with Crippen LogP contribution in [0.4, 0.5) is 5.69 Å². The van der Waals surface area contributed by atoms with Crippen molar-refractivity contribution in [2.45, 2.75) is 32.4 Å². The second-order valence-electron chi connectivity index (χ2n) is 6.93. The highest BCUT2D eigenvalue weighted by Crippen LogP contribution is 2.37. The molecule has 2 aromatic rings. The van der Waals surface area contributed by atoms with E-state index in [1.165, 1.54) is 16.3 Å².